The Morgan fingerprint density at radius 2 is 1.56 bits per heavy atom. The highest BCUT2D eigenvalue weighted by Crippen LogP contribution is 2.49. The fourth-order valence-corrected chi connectivity index (χ4v) is 12.8. The summed E-state index contributed by atoms with van der Waals surface area (Å²) in [6.07, 6.45) is 10.9. The van der Waals surface area contributed by atoms with Crippen LogP contribution in [0.25, 0.3) is 50.0 Å². The van der Waals surface area contributed by atoms with Crippen LogP contribution in [0.15, 0.2) is 66.9 Å². The van der Waals surface area contributed by atoms with Gasteiger partial charge in [-0.2, -0.15) is 23.1 Å². The zero-order chi connectivity index (χ0) is 57.4. The molecule has 7 aromatic rings. The SMILES string of the molecule is C#Cc1c(F)ccc2cc(O)cc(-c3ncc4c(N5CC6CCC(C5)N6)nc(OCC5(CN6CCC7(CCN(Cc8ccc(-n9c(C(=O)NC(C)C(F)(F)F)nnc9-c9cc(C(C)C)c(O)cc9O)cc8)CC7)CC6)CC5)nc4c3F)c12. The van der Waals surface area contributed by atoms with Gasteiger partial charge < -0.3 is 40.5 Å². The average molecular weight is 1130 g/mol. The van der Waals surface area contributed by atoms with Crippen molar-refractivity contribution < 1.29 is 46.8 Å². The molecule has 3 unspecified atom stereocenters. The summed E-state index contributed by atoms with van der Waals surface area (Å²) < 4.78 is 80.8. The van der Waals surface area contributed by atoms with Gasteiger partial charge in [-0.1, -0.05) is 38.0 Å². The number of benzene rings is 4. The third kappa shape index (κ3) is 10.6. The van der Waals surface area contributed by atoms with Crippen molar-refractivity contribution in [1.29, 1.82) is 0 Å². The van der Waals surface area contributed by atoms with E-state index in [4.69, 9.17) is 21.1 Å². The van der Waals surface area contributed by atoms with Gasteiger partial charge in [0.2, 0.25) is 5.82 Å². The van der Waals surface area contributed by atoms with Crippen LogP contribution in [0, 0.1) is 34.8 Å². The van der Waals surface area contributed by atoms with Gasteiger partial charge in [0.1, 0.15) is 46.1 Å². The molecule has 5 fully saturated rings. The van der Waals surface area contributed by atoms with Gasteiger partial charge in [-0.3, -0.25) is 19.2 Å². The number of hydrogen-bond donors (Lipinski definition) is 5. The lowest BCUT2D eigenvalue weighted by molar-refractivity contribution is -0.149. The van der Waals surface area contributed by atoms with Gasteiger partial charge in [-0.25, -0.2) is 8.78 Å². The molecule has 0 radical (unpaired) electrons. The normalized spacial score (nSPS) is 20.2. The highest BCUT2D eigenvalue weighted by Gasteiger charge is 2.47. The van der Waals surface area contributed by atoms with Crippen molar-refractivity contribution in [3.8, 4) is 63.9 Å². The van der Waals surface area contributed by atoms with Crippen molar-refractivity contribution in [2.45, 2.75) is 109 Å². The molecule has 1 aliphatic carbocycles. The molecule has 1 spiro atoms. The largest absolute Gasteiger partial charge is 0.508 e. The van der Waals surface area contributed by atoms with Gasteiger partial charge in [0, 0.05) is 72.6 Å². The number of amides is 1. The highest BCUT2D eigenvalue weighted by molar-refractivity contribution is 6.03. The summed E-state index contributed by atoms with van der Waals surface area (Å²) in [6, 6.07) is 14.0. The van der Waals surface area contributed by atoms with E-state index in [9.17, 15) is 33.3 Å². The third-order valence-electron chi connectivity index (χ3n) is 17.8. The molecule has 5 N–H and O–H groups in total. The first-order valence-electron chi connectivity index (χ1n) is 28.1. The van der Waals surface area contributed by atoms with E-state index in [1.807, 2.05) is 31.3 Å². The molecular formula is C61H64F5N11O5. The summed E-state index contributed by atoms with van der Waals surface area (Å²) in [5, 5.41) is 47.2. The predicted octanol–water partition coefficient (Wildman–Crippen LogP) is 9.75. The van der Waals surface area contributed by atoms with Crippen LogP contribution in [0.5, 0.6) is 23.3 Å². The van der Waals surface area contributed by atoms with E-state index in [0.29, 0.717) is 54.1 Å². The molecule has 3 atom stereocenters. The number of aromatic hydroxyl groups is 3. The topological polar surface area (TPSA) is 190 Å². The number of piperidine rings is 2. The molecule has 4 aromatic carbocycles. The Labute approximate surface area is 470 Å². The maximum absolute atomic E-state index is 17.2. The number of piperazine rings is 1. The molecule has 12 rings (SSSR count). The molecule has 1 saturated carbocycles. The number of alkyl halides is 3. The minimum Gasteiger partial charge on any atom is -0.508 e. The van der Waals surface area contributed by atoms with Gasteiger partial charge >= 0.3 is 12.2 Å². The quantitative estimate of drug-likeness (QED) is 0.0511. The number of rotatable bonds is 14. The van der Waals surface area contributed by atoms with E-state index in [2.05, 4.69) is 41.1 Å². The fraction of sp³-hybridized carbons (Fsp3) is 0.443. The van der Waals surface area contributed by atoms with Crippen LogP contribution >= 0.6 is 0 Å². The summed E-state index contributed by atoms with van der Waals surface area (Å²) in [5.41, 5.74) is 2.13. The van der Waals surface area contributed by atoms with E-state index in [1.54, 1.807) is 18.3 Å². The molecule has 7 heterocycles. The van der Waals surface area contributed by atoms with Crippen LogP contribution in [-0.4, -0.2) is 137 Å². The number of halogens is 5. The smallest absolute Gasteiger partial charge is 0.408 e. The Bertz CT molecular complexity index is 3650. The third-order valence-corrected chi connectivity index (χ3v) is 17.8. The standard InChI is InChI=1S/C61H64F5N11O5/c1-5-42-47(62)13-8-37-24-41(78)25-45(50(37)42)52-51(63)53-46(28-67-52)54(76-30-38-9-10-39(31-76)69-38)71-58(70-53)82-33-60(14-15-60)32-75-22-18-59(19-23-75)16-20-74(21-17-59)29-36-6-11-40(12-7-36)77-55(44-26-43(34(2)3)48(79)27-49(44)80)72-73-56(77)57(81)68-35(4)61(64,65)66/h1,6-8,11-13,24-28,34-35,38-39,69,78-80H,9-10,14-23,29-33H2,2-4H3,(H,68,81). The van der Waals surface area contributed by atoms with Gasteiger partial charge in [0.25, 0.3) is 5.91 Å². The number of phenols is 3. The van der Waals surface area contributed by atoms with E-state index in [1.165, 1.54) is 41.0 Å². The molecule has 16 nitrogen and oxygen atoms in total. The highest BCUT2D eigenvalue weighted by atomic mass is 19.4. The molecule has 5 aliphatic rings. The second-order valence-electron chi connectivity index (χ2n) is 23.7. The zero-order valence-corrected chi connectivity index (χ0v) is 45.8. The number of carbonyl (C=O) groups is 1. The minimum absolute atomic E-state index is 0.0113. The minimum atomic E-state index is -4.70. The van der Waals surface area contributed by atoms with Crippen molar-refractivity contribution in [3.63, 3.8) is 0 Å². The maximum Gasteiger partial charge on any atom is 0.408 e. The van der Waals surface area contributed by atoms with Crippen LogP contribution in [0.3, 0.4) is 0 Å². The molecule has 82 heavy (non-hydrogen) atoms. The number of fused-ring (bicyclic) bond motifs is 4. The Kier molecular flexibility index (Phi) is 14.2. The van der Waals surface area contributed by atoms with E-state index in [0.717, 1.165) is 96.6 Å². The summed E-state index contributed by atoms with van der Waals surface area (Å²) >= 11 is 0. The number of likely N-dealkylation sites (tertiary alicyclic amines) is 2. The number of ether oxygens (including phenoxy) is 1. The van der Waals surface area contributed by atoms with E-state index >= 15 is 8.78 Å². The van der Waals surface area contributed by atoms with Gasteiger partial charge in [0.05, 0.1) is 23.1 Å². The lowest BCUT2D eigenvalue weighted by Gasteiger charge is -2.47. The van der Waals surface area contributed by atoms with Crippen molar-refractivity contribution in [3.05, 3.63) is 101 Å². The molecule has 21 heteroatoms. The molecule has 2 bridgehead atoms. The maximum atomic E-state index is 17.2. The number of nitrogens with one attached hydrogen (secondary N) is 2. The van der Waals surface area contributed by atoms with Crippen LogP contribution in [-0.2, 0) is 6.54 Å². The molecular weight excluding hydrogens is 1060 g/mol. The van der Waals surface area contributed by atoms with Crippen LogP contribution in [0.1, 0.15) is 105 Å². The Morgan fingerprint density at radius 3 is 2.22 bits per heavy atom. The average Bonchev–Trinajstić information content (AvgIpc) is 4.09. The van der Waals surface area contributed by atoms with Crippen molar-refractivity contribution in [2.24, 2.45) is 10.8 Å². The Balaban J connectivity index is 0.703. The second-order valence-corrected chi connectivity index (χ2v) is 23.7. The number of phenolic OH excluding ortho intramolecular Hbond substituents is 3. The Hall–Kier alpha value is -7.67. The summed E-state index contributed by atoms with van der Waals surface area (Å²) in [5.74, 6) is -0.724. The van der Waals surface area contributed by atoms with Crippen LogP contribution in [0.2, 0.25) is 0 Å². The number of nitrogens with zero attached hydrogens (tertiary/aromatic N) is 9. The van der Waals surface area contributed by atoms with E-state index in [-0.39, 0.29) is 91.2 Å². The Morgan fingerprint density at radius 1 is 0.866 bits per heavy atom. The second kappa shape index (κ2) is 21.3. The van der Waals surface area contributed by atoms with Crippen LogP contribution < -0.4 is 20.3 Å². The van der Waals surface area contributed by atoms with Crippen molar-refractivity contribution >= 4 is 33.4 Å². The molecule has 428 valence electrons. The lowest BCUT2D eigenvalue weighted by atomic mass is 9.71. The molecule has 1 amide bonds. The van der Waals surface area contributed by atoms with Crippen LogP contribution in [0.4, 0.5) is 27.8 Å². The first-order valence-corrected chi connectivity index (χ1v) is 28.1. The van der Waals surface area contributed by atoms with Crippen molar-refractivity contribution in [2.75, 3.05) is 57.3 Å². The number of aromatic nitrogens is 6. The number of hydrogen-bond acceptors (Lipinski definition) is 14. The summed E-state index contributed by atoms with van der Waals surface area (Å²) in [6.45, 7) is 11.5. The molecule has 4 saturated heterocycles. The predicted molar refractivity (Wildman–Crippen MR) is 299 cm³/mol. The first kappa shape index (κ1) is 54.9. The zero-order valence-electron chi connectivity index (χ0n) is 45.8. The molecule has 3 aromatic heterocycles. The number of terminal acetylenes is 1. The van der Waals surface area contributed by atoms with Gasteiger partial charge in [0.15, 0.2) is 11.6 Å². The molecule has 4 aliphatic heterocycles. The van der Waals surface area contributed by atoms with Gasteiger partial charge in [-0.05, 0) is 149 Å². The van der Waals surface area contributed by atoms with Gasteiger partial charge in [-0.15, -0.1) is 16.6 Å². The van der Waals surface area contributed by atoms with Crippen molar-refractivity contribution in [1.82, 2.24) is 50.1 Å². The lowest BCUT2D eigenvalue weighted by Crippen LogP contribution is -2.51. The first-order chi connectivity index (χ1) is 39.3. The van der Waals surface area contributed by atoms with E-state index < -0.39 is 35.6 Å². The number of pyridine rings is 1. The number of anilines is 1. The monoisotopic (exact) mass is 1130 g/mol. The summed E-state index contributed by atoms with van der Waals surface area (Å²) in [7, 11) is 0. The number of carbonyl (C=O) groups excluding carboxylic acids is 1. The fourth-order valence-electron chi connectivity index (χ4n) is 12.8. The summed E-state index contributed by atoms with van der Waals surface area (Å²) in [4.78, 5) is 34.8.